The number of hydrogen-bond donors (Lipinski definition) is 1. The number of hydrogen-bond acceptors (Lipinski definition) is 4. The molecule has 1 aromatic heterocycles. The third kappa shape index (κ3) is 4.59. The third-order valence-corrected chi connectivity index (χ3v) is 3.34. The summed E-state index contributed by atoms with van der Waals surface area (Å²) in [7, 11) is -3.13. The third-order valence-electron chi connectivity index (χ3n) is 1.94. The van der Waals surface area contributed by atoms with Gasteiger partial charge in [0.25, 0.3) is 0 Å². The second-order valence-corrected chi connectivity index (χ2v) is 5.42. The number of pyridine rings is 1. The lowest BCUT2D eigenvalue weighted by molar-refractivity contribution is 0.310. The Kier molecular flexibility index (Phi) is 4.70. The van der Waals surface area contributed by atoms with Gasteiger partial charge in [-0.15, -0.1) is 0 Å². The van der Waals surface area contributed by atoms with Crippen LogP contribution in [0.15, 0.2) is 18.3 Å². The van der Waals surface area contributed by atoms with Crippen LogP contribution in [0.3, 0.4) is 0 Å². The van der Waals surface area contributed by atoms with Crippen LogP contribution in [0, 0.1) is 6.92 Å². The first-order valence-corrected chi connectivity index (χ1v) is 6.71. The van der Waals surface area contributed by atoms with Gasteiger partial charge >= 0.3 is 0 Å². The summed E-state index contributed by atoms with van der Waals surface area (Å²) in [6.07, 6.45) is 1.70. The smallest absolute Gasteiger partial charge is 0.213 e. The SMILES string of the molecule is CCS(=O)(=O)NCCOc1ccc(C)cn1. The fraction of sp³-hybridized carbons (Fsp3) is 0.500. The zero-order chi connectivity index (χ0) is 12.0. The van der Waals surface area contributed by atoms with E-state index in [1.807, 2.05) is 13.0 Å². The van der Waals surface area contributed by atoms with Gasteiger partial charge in [0.05, 0.1) is 5.75 Å². The van der Waals surface area contributed by atoms with E-state index in [2.05, 4.69) is 9.71 Å². The predicted octanol–water partition coefficient (Wildman–Crippen LogP) is 0.708. The normalized spacial score (nSPS) is 11.4. The van der Waals surface area contributed by atoms with Crippen molar-refractivity contribution in [3.8, 4) is 5.88 Å². The molecule has 0 amide bonds. The Labute approximate surface area is 95.9 Å². The van der Waals surface area contributed by atoms with E-state index in [0.717, 1.165) is 5.56 Å². The van der Waals surface area contributed by atoms with Gasteiger partial charge in [-0.1, -0.05) is 6.07 Å². The second kappa shape index (κ2) is 5.81. The van der Waals surface area contributed by atoms with Crippen LogP contribution < -0.4 is 9.46 Å². The van der Waals surface area contributed by atoms with Crippen molar-refractivity contribution < 1.29 is 13.2 Å². The van der Waals surface area contributed by atoms with Crippen molar-refractivity contribution in [1.29, 1.82) is 0 Å². The number of sulfonamides is 1. The Morgan fingerprint density at radius 2 is 2.19 bits per heavy atom. The lowest BCUT2D eigenvalue weighted by Gasteiger charge is -2.06. The van der Waals surface area contributed by atoms with E-state index in [1.54, 1.807) is 19.2 Å². The summed E-state index contributed by atoms with van der Waals surface area (Å²) in [5.41, 5.74) is 1.05. The Morgan fingerprint density at radius 1 is 1.44 bits per heavy atom. The highest BCUT2D eigenvalue weighted by Crippen LogP contribution is 2.05. The van der Waals surface area contributed by atoms with Gasteiger partial charge in [0.1, 0.15) is 6.61 Å². The molecule has 0 fully saturated rings. The van der Waals surface area contributed by atoms with Gasteiger partial charge < -0.3 is 4.74 Å². The molecular weight excluding hydrogens is 228 g/mol. The molecule has 1 rings (SSSR count). The minimum Gasteiger partial charge on any atom is -0.476 e. The summed E-state index contributed by atoms with van der Waals surface area (Å²) >= 11 is 0. The van der Waals surface area contributed by atoms with E-state index in [4.69, 9.17) is 4.74 Å². The summed E-state index contributed by atoms with van der Waals surface area (Å²) in [6, 6.07) is 3.64. The zero-order valence-corrected chi connectivity index (χ0v) is 10.3. The number of aryl methyl sites for hydroxylation is 1. The monoisotopic (exact) mass is 244 g/mol. The standard InChI is InChI=1S/C10H16N2O3S/c1-3-16(13,14)12-6-7-15-10-5-4-9(2)8-11-10/h4-5,8,12H,3,6-7H2,1-2H3. The summed E-state index contributed by atoms with van der Waals surface area (Å²) in [5.74, 6) is 0.580. The van der Waals surface area contributed by atoms with Crippen molar-refractivity contribution in [2.45, 2.75) is 13.8 Å². The Balaban J connectivity index is 2.29. The molecule has 16 heavy (non-hydrogen) atoms. The fourth-order valence-corrected chi connectivity index (χ4v) is 1.59. The Hall–Kier alpha value is -1.14. The van der Waals surface area contributed by atoms with Crippen LogP contribution in [0.2, 0.25) is 0 Å². The maximum atomic E-state index is 11.1. The van der Waals surface area contributed by atoms with Crippen molar-refractivity contribution in [3.63, 3.8) is 0 Å². The molecule has 0 aliphatic heterocycles. The zero-order valence-electron chi connectivity index (χ0n) is 9.43. The first-order valence-electron chi connectivity index (χ1n) is 5.06. The molecule has 0 atom stereocenters. The minimum absolute atomic E-state index is 0.0791. The molecule has 0 radical (unpaired) electrons. The van der Waals surface area contributed by atoms with Gasteiger partial charge in [0, 0.05) is 18.8 Å². The molecule has 1 aromatic rings. The molecule has 0 saturated carbocycles. The largest absolute Gasteiger partial charge is 0.476 e. The van der Waals surface area contributed by atoms with Gasteiger partial charge in [-0.3, -0.25) is 0 Å². The topological polar surface area (TPSA) is 68.3 Å². The predicted molar refractivity (Wildman–Crippen MR) is 61.9 cm³/mol. The maximum Gasteiger partial charge on any atom is 0.213 e. The summed E-state index contributed by atoms with van der Waals surface area (Å²) in [5, 5.41) is 0. The van der Waals surface area contributed by atoms with Crippen molar-refractivity contribution in [3.05, 3.63) is 23.9 Å². The molecule has 1 N–H and O–H groups in total. The van der Waals surface area contributed by atoms with E-state index in [0.29, 0.717) is 5.88 Å². The van der Waals surface area contributed by atoms with Crippen molar-refractivity contribution >= 4 is 10.0 Å². The van der Waals surface area contributed by atoms with Crippen LogP contribution >= 0.6 is 0 Å². The van der Waals surface area contributed by atoms with E-state index in [9.17, 15) is 8.42 Å². The first kappa shape index (κ1) is 12.9. The lowest BCUT2D eigenvalue weighted by atomic mass is 10.3. The first-order chi connectivity index (χ1) is 7.53. The van der Waals surface area contributed by atoms with Crippen molar-refractivity contribution in [2.75, 3.05) is 18.9 Å². The van der Waals surface area contributed by atoms with Crippen LogP contribution in [-0.2, 0) is 10.0 Å². The molecule has 0 aliphatic carbocycles. The second-order valence-electron chi connectivity index (χ2n) is 3.32. The average Bonchev–Trinajstić information content (AvgIpc) is 2.27. The van der Waals surface area contributed by atoms with Crippen molar-refractivity contribution in [2.24, 2.45) is 0 Å². The van der Waals surface area contributed by atoms with Gasteiger partial charge in [-0.25, -0.2) is 18.1 Å². The van der Waals surface area contributed by atoms with Crippen LogP contribution in [0.1, 0.15) is 12.5 Å². The molecule has 0 saturated heterocycles. The lowest BCUT2D eigenvalue weighted by Crippen LogP contribution is -2.29. The molecule has 0 bridgehead atoms. The highest BCUT2D eigenvalue weighted by molar-refractivity contribution is 7.89. The minimum atomic E-state index is -3.13. The van der Waals surface area contributed by atoms with Crippen LogP contribution in [0.25, 0.3) is 0 Å². The van der Waals surface area contributed by atoms with Crippen molar-refractivity contribution in [1.82, 2.24) is 9.71 Å². The number of nitrogens with one attached hydrogen (secondary N) is 1. The molecule has 6 heteroatoms. The fourth-order valence-electron chi connectivity index (χ4n) is 0.994. The molecule has 0 aliphatic rings. The Bertz CT molecular complexity index is 414. The van der Waals surface area contributed by atoms with Crippen LogP contribution in [0.4, 0.5) is 0 Å². The highest BCUT2D eigenvalue weighted by Gasteiger charge is 2.04. The van der Waals surface area contributed by atoms with E-state index >= 15 is 0 Å². The van der Waals surface area contributed by atoms with E-state index in [-0.39, 0.29) is 18.9 Å². The molecule has 0 spiro atoms. The molecule has 1 heterocycles. The molecule has 0 unspecified atom stereocenters. The van der Waals surface area contributed by atoms with E-state index in [1.165, 1.54) is 0 Å². The van der Waals surface area contributed by atoms with Gasteiger partial charge in [-0.2, -0.15) is 0 Å². The van der Waals surface area contributed by atoms with Gasteiger partial charge in [0.15, 0.2) is 0 Å². The molecule has 0 aromatic carbocycles. The highest BCUT2D eigenvalue weighted by atomic mass is 32.2. The maximum absolute atomic E-state index is 11.1. The summed E-state index contributed by atoms with van der Waals surface area (Å²) in [6.45, 7) is 4.05. The van der Waals surface area contributed by atoms with Crippen LogP contribution in [0.5, 0.6) is 5.88 Å². The quantitative estimate of drug-likeness (QED) is 0.748. The average molecular weight is 244 g/mol. The summed E-state index contributed by atoms with van der Waals surface area (Å²) in [4.78, 5) is 4.03. The van der Waals surface area contributed by atoms with E-state index < -0.39 is 10.0 Å². The van der Waals surface area contributed by atoms with Gasteiger partial charge in [-0.05, 0) is 19.4 Å². The molecule has 90 valence electrons. The Morgan fingerprint density at radius 3 is 2.75 bits per heavy atom. The van der Waals surface area contributed by atoms with Gasteiger partial charge in [0.2, 0.25) is 15.9 Å². The number of rotatable bonds is 6. The summed E-state index contributed by atoms with van der Waals surface area (Å²) < 4.78 is 29.8. The number of aromatic nitrogens is 1. The van der Waals surface area contributed by atoms with Crippen LogP contribution in [-0.4, -0.2) is 32.3 Å². The number of ether oxygens (including phenoxy) is 1. The number of nitrogens with zero attached hydrogens (tertiary/aromatic N) is 1. The molecule has 5 nitrogen and oxygen atoms in total. The molecular formula is C10H16N2O3S.